The van der Waals surface area contributed by atoms with Crippen molar-refractivity contribution in [2.45, 2.75) is 58.5 Å². The standard InChI is InChI=1S/C24H37N5O4/c1-18-13-28(19(2)16-30)24(31)9-6-10-29-21(12-25-26-29)17-33-23(18)15-27(3)14-20-7-5-8-22(11-20)32-4/h5,7-8,11-12,18-19,23,30H,6,9-10,13-17H2,1-4H3/t18-,19-,23+/m1/s1. The van der Waals surface area contributed by atoms with E-state index in [-0.39, 0.29) is 30.6 Å². The van der Waals surface area contributed by atoms with Gasteiger partial charge < -0.3 is 19.5 Å². The minimum atomic E-state index is -0.236. The summed E-state index contributed by atoms with van der Waals surface area (Å²) in [6, 6.07) is 7.81. The molecule has 0 saturated heterocycles. The summed E-state index contributed by atoms with van der Waals surface area (Å²) in [7, 11) is 3.74. The number of amides is 1. The van der Waals surface area contributed by atoms with Crippen LogP contribution < -0.4 is 4.74 Å². The van der Waals surface area contributed by atoms with Crippen LogP contribution in [-0.4, -0.2) is 81.8 Å². The van der Waals surface area contributed by atoms with Gasteiger partial charge >= 0.3 is 0 Å². The molecule has 9 heteroatoms. The zero-order valence-electron chi connectivity index (χ0n) is 20.2. The highest BCUT2D eigenvalue weighted by Crippen LogP contribution is 2.19. The summed E-state index contributed by atoms with van der Waals surface area (Å²) in [6.07, 6.45) is 2.70. The van der Waals surface area contributed by atoms with Crippen molar-refractivity contribution >= 4 is 5.91 Å². The van der Waals surface area contributed by atoms with Gasteiger partial charge in [0, 0.05) is 38.5 Å². The molecule has 0 aliphatic carbocycles. The van der Waals surface area contributed by atoms with Crippen LogP contribution in [0.4, 0.5) is 0 Å². The molecule has 0 saturated carbocycles. The van der Waals surface area contributed by atoms with Crippen LogP contribution in [0.15, 0.2) is 30.5 Å². The predicted molar refractivity (Wildman–Crippen MR) is 125 cm³/mol. The second-order valence-corrected chi connectivity index (χ2v) is 9.00. The Morgan fingerprint density at radius 1 is 1.39 bits per heavy atom. The summed E-state index contributed by atoms with van der Waals surface area (Å²) in [5, 5.41) is 17.9. The quantitative estimate of drug-likeness (QED) is 0.676. The van der Waals surface area contributed by atoms with E-state index < -0.39 is 0 Å². The van der Waals surface area contributed by atoms with Crippen molar-refractivity contribution in [2.75, 3.05) is 33.9 Å². The second-order valence-electron chi connectivity index (χ2n) is 9.00. The zero-order valence-corrected chi connectivity index (χ0v) is 20.2. The third-order valence-electron chi connectivity index (χ3n) is 6.22. The molecule has 2 aromatic rings. The van der Waals surface area contributed by atoms with Gasteiger partial charge in [0.25, 0.3) is 0 Å². The molecule has 2 heterocycles. The van der Waals surface area contributed by atoms with Crippen LogP contribution in [0.2, 0.25) is 0 Å². The van der Waals surface area contributed by atoms with Crippen molar-refractivity contribution in [3.05, 3.63) is 41.7 Å². The Labute approximate surface area is 196 Å². The molecular weight excluding hydrogens is 422 g/mol. The van der Waals surface area contributed by atoms with Crippen molar-refractivity contribution in [2.24, 2.45) is 5.92 Å². The Morgan fingerprint density at radius 3 is 2.97 bits per heavy atom. The van der Waals surface area contributed by atoms with E-state index in [1.165, 1.54) is 0 Å². The highest BCUT2D eigenvalue weighted by Gasteiger charge is 2.28. The molecule has 1 aromatic carbocycles. The molecular formula is C24H37N5O4. The summed E-state index contributed by atoms with van der Waals surface area (Å²) < 4.78 is 13.6. The van der Waals surface area contributed by atoms with E-state index in [9.17, 15) is 9.90 Å². The minimum absolute atomic E-state index is 0.0501. The Balaban J connectivity index is 1.77. The number of fused-ring (bicyclic) bond motifs is 1. The lowest BCUT2D eigenvalue weighted by Crippen LogP contribution is -2.47. The molecule has 0 unspecified atom stereocenters. The van der Waals surface area contributed by atoms with Crippen molar-refractivity contribution in [3.8, 4) is 5.75 Å². The van der Waals surface area contributed by atoms with E-state index in [4.69, 9.17) is 9.47 Å². The minimum Gasteiger partial charge on any atom is -0.497 e. The number of hydrogen-bond acceptors (Lipinski definition) is 7. The number of likely N-dealkylation sites (N-methyl/N-ethyl adjacent to an activating group) is 1. The summed E-state index contributed by atoms with van der Waals surface area (Å²) in [5.74, 6) is 0.957. The molecule has 1 N–H and O–H groups in total. The van der Waals surface area contributed by atoms with E-state index in [1.54, 1.807) is 18.2 Å². The topological polar surface area (TPSA) is 93.0 Å². The third kappa shape index (κ3) is 6.99. The molecule has 1 aliphatic rings. The average Bonchev–Trinajstić information content (AvgIpc) is 3.25. The largest absolute Gasteiger partial charge is 0.497 e. The van der Waals surface area contributed by atoms with Crippen molar-refractivity contribution in [1.82, 2.24) is 24.8 Å². The van der Waals surface area contributed by atoms with Crippen molar-refractivity contribution < 1.29 is 19.4 Å². The van der Waals surface area contributed by atoms with E-state index in [0.717, 1.165) is 23.6 Å². The van der Waals surface area contributed by atoms with Crippen LogP contribution in [0.5, 0.6) is 5.75 Å². The number of aliphatic hydroxyl groups is 1. The van der Waals surface area contributed by atoms with Gasteiger partial charge in [-0.2, -0.15) is 0 Å². The maximum atomic E-state index is 13.0. The summed E-state index contributed by atoms with van der Waals surface area (Å²) in [4.78, 5) is 17.0. The number of carbonyl (C=O) groups is 1. The first-order valence-corrected chi connectivity index (χ1v) is 11.6. The van der Waals surface area contributed by atoms with Gasteiger partial charge in [0.15, 0.2) is 0 Å². The van der Waals surface area contributed by atoms with Crippen LogP contribution in [-0.2, 0) is 29.2 Å². The van der Waals surface area contributed by atoms with Gasteiger partial charge in [-0.05, 0) is 38.1 Å². The zero-order chi connectivity index (χ0) is 23.8. The van der Waals surface area contributed by atoms with Gasteiger partial charge in [-0.3, -0.25) is 9.69 Å². The fourth-order valence-corrected chi connectivity index (χ4v) is 4.20. The van der Waals surface area contributed by atoms with Crippen LogP contribution in [0.3, 0.4) is 0 Å². The molecule has 0 radical (unpaired) electrons. The molecule has 33 heavy (non-hydrogen) atoms. The number of hydrogen-bond donors (Lipinski definition) is 1. The van der Waals surface area contributed by atoms with Gasteiger partial charge in [0.1, 0.15) is 5.75 Å². The lowest BCUT2D eigenvalue weighted by Gasteiger charge is -2.35. The molecule has 3 atom stereocenters. The second kappa shape index (κ2) is 12.1. The molecule has 1 aromatic heterocycles. The molecule has 1 amide bonds. The number of aliphatic hydroxyl groups excluding tert-OH is 1. The smallest absolute Gasteiger partial charge is 0.222 e. The first-order chi connectivity index (χ1) is 15.9. The van der Waals surface area contributed by atoms with E-state index in [1.807, 2.05) is 29.8 Å². The normalized spacial score (nSPS) is 21.3. The van der Waals surface area contributed by atoms with Crippen molar-refractivity contribution in [3.63, 3.8) is 0 Å². The number of aryl methyl sites for hydroxylation is 1. The van der Waals surface area contributed by atoms with Gasteiger partial charge in [-0.25, -0.2) is 4.68 Å². The summed E-state index contributed by atoms with van der Waals surface area (Å²) in [6.45, 7) is 6.93. The maximum absolute atomic E-state index is 13.0. The Bertz CT molecular complexity index is 889. The lowest BCUT2D eigenvalue weighted by atomic mass is 10.0. The molecule has 0 spiro atoms. The SMILES string of the molecule is COc1cccc(CN(C)C[C@@H]2OCc3cnnn3CCCC(=O)N([C@H](C)CO)C[C@H]2C)c1. The number of methoxy groups -OCH3 is 1. The summed E-state index contributed by atoms with van der Waals surface area (Å²) >= 11 is 0. The number of ether oxygens (including phenoxy) is 2. The Morgan fingerprint density at radius 2 is 2.21 bits per heavy atom. The number of nitrogens with zero attached hydrogens (tertiary/aromatic N) is 5. The highest BCUT2D eigenvalue weighted by molar-refractivity contribution is 5.76. The van der Waals surface area contributed by atoms with Gasteiger partial charge in [-0.1, -0.05) is 24.3 Å². The van der Waals surface area contributed by atoms with E-state index >= 15 is 0 Å². The number of carbonyl (C=O) groups excluding carboxylic acids is 1. The Kier molecular flexibility index (Phi) is 9.22. The molecule has 0 fully saturated rings. The summed E-state index contributed by atoms with van der Waals surface area (Å²) in [5.41, 5.74) is 2.07. The van der Waals surface area contributed by atoms with Gasteiger partial charge in [0.05, 0.1) is 44.4 Å². The van der Waals surface area contributed by atoms with E-state index in [2.05, 4.69) is 35.2 Å². The third-order valence-corrected chi connectivity index (χ3v) is 6.22. The van der Waals surface area contributed by atoms with E-state index in [0.29, 0.717) is 39.1 Å². The maximum Gasteiger partial charge on any atom is 0.222 e. The van der Waals surface area contributed by atoms with Gasteiger partial charge in [-0.15, -0.1) is 5.10 Å². The fourth-order valence-electron chi connectivity index (χ4n) is 4.20. The lowest BCUT2D eigenvalue weighted by molar-refractivity contribution is -0.136. The monoisotopic (exact) mass is 459 g/mol. The molecule has 182 valence electrons. The molecule has 1 aliphatic heterocycles. The number of aromatic nitrogens is 3. The van der Waals surface area contributed by atoms with Crippen molar-refractivity contribution in [1.29, 1.82) is 0 Å². The first kappa shape index (κ1) is 25.1. The van der Waals surface area contributed by atoms with Crippen LogP contribution in [0, 0.1) is 5.92 Å². The first-order valence-electron chi connectivity index (χ1n) is 11.6. The fraction of sp³-hybridized carbons (Fsp3) is 0.625. The molecule has 3 rings (SSSR count). The molecule has 9 nitrogen and oxygen atoms in total. The van der Waals surface area contributed by atoms with Gasteiger partial charge in [0.2, 0.25) is 5.91 Å². The predicted octanol–water partition coefficient (Wildman–Crippen LogP) is 1.94. The number of rotatable bonds is 7. The Hall–Kier alpha value is -2.49. The van der Waals surface area contributed by atoms with Crippen LogP contribution in [0.25, 0.3) is 0 Å². The number of benzene rings is 1. The average molecular weight is 460 g/mol. The van der Waals surface area contributed by atoms with Crippen LogP contribution in [0.1, 0.15) is 37.9 Å². The molecule has 0 bridgehead atoms. The van der Waals surface area contributed by atoms with Crippen LogP contribution >= 0.6 is 0 Å². The highest BCUT2D eigenvalue weighted by atomic mass is 16.5.